The minimum absolute atomic E-state index is 0.462. The van der Waals surface area contributed by atoms with Crippen LogP contribution in [0.15, 0.2) is 60.8 Å². The number of carbonyl (C=O) groups is 1. The Labute approximate surface area is 143 Å². The van der Waals surface area contributed by atoms with Crippen LogP contribution in [-0.4, -0.2) is 28.1 Å². The van der Waals surface area contributed by atoms with Crippen molar-refractivity contribution in [2.45, 2.75) is 6.23 Å². The van der Waals surface area contributed by atoms with Crippen molar-refractivity contribution in [3.05, 3.63) is 65.8 Å². The van der Waals surface area contributed by atoms with Crippen molar-refractivity contribution in [3.63, 3.8) is 0 Å². The number of methoxy groups -OCH3 is 1. The Morgan fingerprint density at radius 2 is 1.83 bits per heavy atom. The van der Waals surface area contributed by atoms with Gasteiger partial charge >= 0.3 is 5.97 Å². The summed E-state index contributed by atoms with van der Waals surface area (Å²) in [6.45, 7) is 0. The van der Waals surface area contributed by atoms with E-state index in [1.54, 1.807) is 30.5 Å². The molecule has 3 aromatic rings. The van der Waals surface area contributed by atoms with E-state index in [2.05, 4.69) is 10.3 Å². The summed E-state index contributed by atoms with van der Waals surface area (Å²) in [5.74, 6) is -0.128. The lowest BCUT2D eigenvalue weighted by Gasteiger charge is -2.18. The van der Waals surface area contributed by atoms with Gasteiger partial charge in [0.05, 0.1) is 19.0 Å². The standard InChI is InChI=1S/C17H14ClN3O3/c1-23-17(22)16(24-14-9-7-13(18)8-10-14)21-15(11-19-20-21)12-5-3-2-4-6-12/h2-11,16H,1H3. The molecule has 6 nitrogen and oxygen atoms in total. The van der Waals surface area contributed by atoms with Gasteiger partial charge in [0.15, 0.2) is 0 Å². The highest BCUT2D eigenvalue weighted by Crippen LogP contribution is 2.25. The molecule has 0 spiro atoms. The van der Waals surface area contributed by atoms with E-state index in [1.807, 2.05) is 30.3 Å². The molecule has 24 heavy (non-hydrogen) atoms. The number of hydrogen-bond acceptors (Lipinski definition) is 5. The quantitative estimate of drug-likeness (QED) is 0.665. The first kappa shape index (κ1) is 16.0. The fourth-order valence-electron chi connectivity index (χ4n) is 2.17. The molecule has 2 aromatic carbocycles. The zero-order chi connectivity index (χ0) is 16.9. The maximum Gasteiger partial charge on any atom is 0.370 e. The number of carbonyl (C=O) groups excluding carboxylic acids is 1. The number of nitrogens with zero attached hydrogens (tertiary/aromatic N) is 3. The molecule has 0 aliphatic rings. The summed E-state index contributed by atoms with van der Waals surface area (Å²) in [7, 11) is 1.29. The van der Waals surface area contributed by atoms with Gasteiger partial charge in [-0.1, -0.05) is 47.1 Å². The van der Waals surface area contributed by atoms with Gasteiger partial charge in [0.2, 0.25) is 0 Å². The highest BCUT2D eigenvalue weighted by Gasteiger charge is 2.27. The van der Waals surface area contributed by atoms with Crippen LogP contribution in [-0.2, 0) is 9.53 Å². The number of rotatable bonds is 5. The second kappa shape index (κ2) is 7.14. The van der Waals surface area contributed by atoms with Crippen molar-refractivity contribution in [2.24, 2.45) is 0 Å². The van der Waals surface area contributed by atoms with E-state index in [-0.39, 0.29) is 0 Å². The van der Waals surface area contributed by atoms with Gasteiger partial charge < -0.3 is 9.47 Å². The van der Waals surface area contributed by atoms with Crippen molar-refractivity contribution >= 4 is 17.6 Å². The normalized spacial score (nSPS) is 11.8. The van der Waals surface area contributed by atoms with Gasteiger partial charge in [-0.3, -0.25) is 0 Å². The van der Waals surface area contributed by atoms with Crippen LogP contribution >= 0.6 is 11.6 Å². The Kier molecular flexibility index (Phi) is 4.77. The summed E-state index contributed by atoms with van der Waals surface area (Å²) in [5, 5.41) is 8.46. The third kappa shape index (κ3) is 3.38. The van der Waals surface area contributed by atoms with E-state index in [0.29, 0.717) is 16.5 Å². The van der Waals surface area contributed by atoms with Gasteiger partial charge in [-0.05, 0) is 24.3 Å². The first-order valence-electron chi connectivity index (χ1n) is 7.14. The molecule has 0 radical (unpaired) electrons. The van der Waals surface area contributed by atoms with Crippen LogP contribution in [0.2, 0.25) is 5.02 Å². The lowest BCUT2D eigenvalue weighted by Crippen LogP contribution is -2.28. The molecule has 0 saturated carbocycles. The highest BCUT2D eigenvalue weighted by atomic mass is 35.5. The Balaban J connectivity index is 1.97. The molecule has 122 valence electrons. The van der Waals surface area contributed by atoms with Crippen molar-refractivity contribution in [1.82, 2.24) is 15.0 Å². The van der Waals surface area contributed by atoms with Crippen LogP contribution in [0.5, 0.6) is 5.75 Å². The van der Waals surface area contributed by atoms with Gasteiger partial charge in [-0.15, -0.1) is 5.10 Å². The first-order valence-corrected chi connectivity index (χ1v) is 7.52. The van der Waals surface area contributed by atoms with Crippen LogP contribution in [0.25, 0.3) is 11.3 Å². The van der Waals surface area contributed by atoms with Gasteiger partial charge in [0, 0.05) is 10.6 Å². The maximum atomic E-state index is 12.2. The molecule has 1 aromatic heterocycles. The minimum Gasteiger partial charge on any atom is -0.465 e. The highest BCUT2D eigenvalue weighted by molar-refractivity contribution is 6.30. The van der Waals surface area contributed by atoms with E-state index in [9.17, 15) is 4.79 Å². The molecule has 1 atom stereocenters. The van der Waals surface area contributed by atoms with E-state index in [0.717, 1.165) is 5.56 Å². The van der Waals surface area contributed by atoms with E-state index < -0.39 is 12.2 Å². The fraction of sp³-hybridized carbons (Fsp3) is 0.118. The van der Waals surface area contributed by atoms with Gasteiger partial charge in [-0.25, -0.2) is 4.79 Å². The molecular weight excluding hydrogens is 330 g/mol. The van der Waals surface area contributed by atoms with Crippen molar-refractivity contribution < 1.29 is 14.3 Å². The Morgan fingerprint density at radius 1 is 1.12 bits per heavy atom. The fourth-order valence-corrected chi connectivity index (χ4v) is 2.30. The number of esters is 1. The number of ether oxygens (including phenoxy) is 2. The Morgan fingerprint density at radius 3 is 2.50 bits per heavy atom. The van der Waals surface area contributed by atoms with Crippen LogP contribution < -0.4 is 4.74 Å². The largest absolute Gasteiger partial charge is 0.465 e. The van der Waals surface area contributed by atoms with Crippen molar-refractivity contribution in [1.29, 1.82) is 0 Å². The van der Waals surface area contributed by atoms with Crippen molar-refractivity contribution in [2.75, 3.05) is 7.11 Å². The smallest absolute Gasteiger partial charge is 0.370 e. The van der Waals surface area contributed by atoms with E-state index in [1.165, 1.54) is 11.8 Å². The molecule has 0 N–H and O–H groups in total. The molecule has 1 heterocycles. The van der Waals surface area contributed by atoms with Crippen LogP contribution in [0.3, 0.4) is 0 Å². The second-order valence-corrected chi connectivity index (χ2v) is 5.31. The summed E-state index contributed by atoms with van der Waals surface area (Å²) >= 11 is 5.87. The second-order valence-electron chi connectivity index (χ2n) is 4.88. The molecule has 3 rings (SSSR count). The molecule has 0 bridgehead atoms. The maximum absolute atomic E-state index is 12.2. The van der Waals surface area contributed by atoms with Gasteiger partial charge in [0.25, 0.3) is 6.23 Å². The summed E-state index contributed by atoms with van der Waals surface area (Å²) in [5.41, 5.74) is 1.50. The molecule has 0 aliphatic carbocycles. The average molecular weight is 344 g/mol. The monoisotopic (exact) mass is 343 g/mol. The van der Waals surface area contributed by atoms with Crippen LogP contribution in [0.4, 0.5) is 0 Å². The third-order valence-electron chi connectivity index (χ3n) is 3.33. The third-order valence-corrected chi connectivity index (χ3v) is 3.58. The van der Waals surface area contributed by atoms with Gasteiger partial charge in [-0.2, -0.15) is 4.68 Å². The van der Waals surface area contributed by atoms with E-state index >= 15 is 0 Å². The van der Waals surface area contributed by atoms with Crippen LogP contribution in [0, 0.1) is 0 Å². The minimum atomic E-state index is -1.10. The predicted molar refractivity (Wildman–Crippen MR) is 88.6 cm³/mol. The average Bonchev–Trinajstić information content (AvgIpc) is 3.10. The molecule has 1 unspecified atom stereocenters. The lowest BCUT2D eigenvalue weighted by molar-refractivity contribution is -0.154. The summed E-state index contributed by atoms with van der Waals surface area (Å²) in [6, 6.07) is 16.1. The summed E-state index contributed by atoms with van der Waals surface area (Å²) < 4.78 is 12.0. The summed E-state index contributed by atoms with van der Waals surface area (Å²) in [4.78, 5) is 12.2. The number of aromatic nitrogens is 3. The Hall–Kier alpha value is -2.86. The topological polar surface area (TPSA) is 66.2 Å². The van der Waals surface area contributed by atoms with Crippen molar-refractivity contribution in [3.8, 4) is 17.0 Å². The van der Waals surface area contributed by atoms with Gasteiger partial charge in [0.1, 0.15) is 5.75 Å². The predicted octanol–water partition coefficient (Wildman–Crippen LogP) is 3.35. The number of hydrogen-bond donors (Lipinski definition) is 0. The summed E-state index contributed by atoms with van der Waals surface area (Å²) in [6.07, 6.45) is 0.463. The molecule has 0 fully saturated rings. The molecule has 0 saturated heterocycles. The number of halogens is 1. The first-order chi connectivity index (χ1) is 11.7. The molecule has 0 amide bonds. The molecular formula is C17H14ClN3O3. The zero-order valence-corrected chi connectivity index (χ0v) is 13.6. The SMILES string of the molecule is COC(=O)C(Oc1ccc(Cl)cc1)n1nncc1-c1ccccc1. The van der Waals surface area contributed by atoms with Crippen LogP contribution in [0.1, 0.15) is 6.23 Å². The molecule has 7 heteroatoms. The zero-order valence-electron chi connectivity index (χ0n) is 12.8. The lowest BCUT2D eigenvalue weighted by atomic mass is 10.2. The molecule has 0 aliphatic heterocycles. The van der Waals surface area contributed by atoms with E-state index in [4.69, 9.17) is 21.1 Å². The number of benzene rings is 2. The Bertz CT molecular complexity index is 819.